The summed E-state index contributed by atoms with van der Waals surface area (Å²) in [4.78, 5) is 0. The van der Waals surface area contributed by atoms with Crippen molar-refractivity contribution in [2.45, 2.75) is 25.9 Å². The Balaban J connectivity index is 3.10. The van der Waals surface area contributed by atoms with Gasteiger partial charge in [0.15, 0.2) is 0 Å². The molecule has 0 atom stereocenters. The van der Waals surface area contributed by atoms with Crippen molar-refractivity contribution in [1.29, 1.82) is 0 Å². The average molecular weight is 211 g/mol. The minimum atomic E-state index is -1.32. The van der Waals surface area contributed by atoms with Gasteiger partial charge in [-0.05, 0) is 50.1 Å². The molecule has 1 aromatic rings. The number of hydrogen-bond acceptors (Lipinski definition) is 2. The van der Waals surface area contributed by atoms with E-state index in [-0.39, 0.29) is 0 Å². The second-order valence-electron chi connectivity index (χ2n) is 4.04. The quantitative estimate of drug-likeness (QED) is 0.830. The van der Waals surface area contributed by atoms with Crippen molar-refractivity contribution in [1.82, 2.24) is 0 Å². The molecule has 0 aliphatic heterocycles. The molecular formula is C12H18FNO. The number of ether oxygens (including phenoxy) is 1. The lowest BCUT2D eigenvalue weighted by Crippen LogP contribution is -2.11. The predicted molar refractivity (Wildman–Crippen MR) is 59.9 cm³/mol. The van der Waals surface area contributed by atoms with Crippen LogP contribution < -0.4 is 10.5 Å². The van der Waals surface area contributed by atoms with Crippen molar-refractivity contribution < 1.29 is 9.13 Å². The fourth-order valence-corrected chi connectivity index (χ4v) is 1.50. The minimum absolute atomic E-state index is 0.534. The Kier molecular flexibility index (Phi) is 3.69. The van der Waals surface area contributed by atoms with Crippen LogP contribution >= 0.6 is 0 Å². The van der Waals surface area contributed by atoms with Crippen LogP contribution in [0.5, 0.6) is 5.75 Å². The molecule has 0 fully saturated rings. The lowest BCUT2D eigenvalue weighted by Gasteiger charge is -2.17. The van der Waals surface area contributed by atoms with Gasteiger partial charge in [0.2, 0.25) is 0 Å². The summed E-state index contributed by atoms with van der Waals surface area (Å²) in [5.41, 5.74) is 5.79. The first-order valence-corrected chi connectivity index (χ1v) is 5.05. The van der Waals surface area contributed by atoms with Crippen molar-refractivity contribution in [3.63, 3.8) is 0 Å². The van der Waals surface area contributed by atoms with Crippen molar-refractivity contribution in [3.05, 3.63) is 29.3 Å². The SMILES string of the molecule is COc1ccc(C(C)(C)F)cc1CCN. The molecule has 0 aromatic heterocycles. The Hall–Kier alpha value is -1.09. The van der Waals surface area contributed by atoms with E-state index in [0.717, 1.165) is 11.3 Å². The molecule has 2 N–H and O–H groups in total. The van der Waals surface area contributed by atoms with Crippen LogP contribution in [0, 0.1) is 0 Å². The molecule has 0 unspecified atom stereocenters. The molecule has 3 heteroatoms. The van der Waals surface area contributed by atoms with Crippen LogP contribution in [0.25, 0.3) is 0 Å². The topological polar surface area (TPSA) is 35.2 Å². The zero-order valence-electron chi connectivity index (χ0n) is 9.51. The van der Waals surface area contributed by atoms with Gasteiger partial charge in [0.1, 0.15) is 11.4 Å². The van der Waals surface area contributed by atoms with Gasteiger partial charge in [-0.25, -0.2) is 4.39 Å². The maximum Gasteiger partial charge on any atom is 0.130 e. The Morgan fingerprint density at radius 2 is 2.07 bits per heavy atom. The fourth-order valence-electron chi connectivity index (χ4n) is 1.50. The third-order valence-electron chi connectivity index (χ3n) is 2.38. The van der Waals surface area contributed by atoms with E-state index in [1.165, 1.54) is 0 Å². The van der Waals surface area contributed by atoms with E-state index in [4.69, 9.17) is 10.5 Å². The number of halogens is 1. The van der Waals surface area contributed by atoms with Crippen LogP contribution in [0.4, 0.5) is 4.39 Å². The lowest BCUT2D eigenvalue weighted by molar-refractivity contribution is 0.221. The molecular weight excluding hydrogens is 193 g/mol. The zero-order chi connectivity index (χ0) is 11.5. The summed E-state index contributed by atoms with van der Waals surface area (Å²) in [5.74, 6) is 0.772. The number of methoxy groups -OCH3 is 1. The smallest absolute Gasteiger partial charge is 0.130 e. The highest BCUT2D eigenvalue weighted by atomic mass is 19.1. The monoisotopic (exact) mass is 211 g/mol. The molecule has 0 heterocycles. The van der Waals surface area contributed by atoms with E-state index in [2.05, 4.69) is 0 Å². The molecule has 0 amide bonds. The molecule has 0 spiro atoms. The van der Waals surface area contributed by atoms with Gasteiger partial charge in [-0.15, -0.1) is 0 Å². The van der Waals surface area contributed by atoms with Crippen LogP contribution in [-0.2, 0) is 12.1 Å². The molecule has 0 aliphatic rings. The molecule has 84 valence electrons. The van der Waals surface area contributed by atoms with E-state index in [1.807, 2.05) is 6.07 Å². The summed E-state index contributed by atoms with van der Waals surface area (Å²) in [6.07, 6.45) is 0.701. The molecule has 2 nitrogen and oxygen atoms in total. The summed E-state index contributed by atoms with van der Waals surface area (Å²) < 4.78 is 18.9. The average Bonchev–Trinajstić information content (AvgIpc) is 2.17. The fraction of sp³-hybridized carbons (Fsp3) is 0.500. The lowest BCUT2D eigenvalue weighted by atomic mass is 9.96. The van der Waals surface area contributed by atoms with Crippen molar-refractivity contribution >= 4 is 0 Å². The third kappa shape index (κ3) is 2.93. The first kappa shape index (κ1) is 12.0. The number of hydrogen-bond donors (Lipinski definition) is 1. The Morgan fingerprint density at radius 3 is 2.53 bits per heavy atom. The second kappa shape index (κ2) is 4.62. The summed E-state index contributed by atoms with van der Waals surface area (Å²) in [7, 11) is 1.61. The Labute approximate surface area is 90.2 Å². The van der Waals surface area contributed by atoms with Gasteiger partial charge in [0, 0.05) is 0 Å². The minimum Gasteiger partial charge on any atom is -0.496 e. The summed E-state index contributed by atoms with van der Waals surface area (Å²) >= 11 is 0. The van der Waals surface area contributed by atoms with Crippen molar-refractivity contribution in [3.8, 4) is 5.75 Å². The summed E-state index contributed by atoms with van der Waals surface area (Å²) in [5, 5.41) is 0. The van der Waals surface area contributed by atoms with Gasteiger partial charge in [0.25, 0.3) is 0 Å². The predicted octanol–water partition coefficient (Wildman–Crippen LogP) is 2.40. The first-order valence-electron chi connectivity index (χ1n) is 5.05. The third-order valence-corrected chi connectivity index (χ3v) is 2.38. The van der Waals surface area contributed by atoms with E-state index >= 15 is 0 Å². The Morgan fingerprint density at radius 1 is 1.40 bits per heavy atom. The molecule has 0 bridgehead atoms. The maximum atomic E-state index is 13.7. The number of rotatable bonds is 4. The van der Waals surface area contributed by atoms with Crippen LogP contribution in [0.1, 0.15) is 25.0 Å². The highest BCUT2D eigenvalue weighted by Gasteiger charge is 2.19. The van der Waals surface area contributed by atoms with Crippen LogP contribution in [0.15, 0.2) is 18.2 Å². The summed E-state index contributed by atoms with van der Waals surface area (Å²) in [6, 6.07) is 5.37. The number of benzene rings is 1. The van der Waals surface area contributed by atoms with E-state index in [0.29, 0.717) is 18.5 Å². The van der Waals surface area contributed by atoms with Crippen LogP contribution in [-0.4, -0.2) is 13.7 Å². The summed E-state index contributed by atoms with van der Waals surface area (Å²) in [6.45, 7) is 3.62. The van der Waals surface area contributed by atoms with Gasteiger partial charge < -0.3 is 10.5 Å². The molecule has 0 radical (unpaired) electrons. The number of nitrogens with two attached hydrogens (primary N) is 1. The molecule has 0 saturated heterocycles. The Bertz CT molecular complexity index is 331. The molecule has 1 aromatic carbocycles. The van der Waals surface area contributed by atoms with Gasteiger partial charge in [-0.3, -0.25) is 0 Å². The number of alkyl halides is 1. The standard InChI is InChI=1S/C12H18FNO/c1-12(2,13)10-4-5-11(15-3)9(8-10)6-7-14/h4-5,8H,6-7,14H2,1-3H3. The van der Waals surface area contributed by atoms with Gasteiger partial charge in [0.05, 0.1) is 7.11 Å². The highest BCUT2D eigenvalue weighted by Crippen LogP contribution is 2.29. The van der Waals surface area contributed by atoms with Crippen LogP contribution in [0.3, 0.4) is 0 Å². The highest BCUT2D eigenvalue weighted by molar-refractivity contribution is 5.39. The molecule has 0 aliphatic carbocycles. The maximum absolute atomic E-state index is 13.7. The van der Waals surface area contributed by atoms with Crippen molar-refractivity contribution in [2.75, 3.05) is 13.7 Å². The van der Waals surface area contributed by atoms with Gasteiger partial charge in [-0.1, -0.05) is 6.07 Å². The second-order valence-corrected chi connectivity index (χ2v) is 4.04. The van der Waals surface area contributed by atoms with E-state index in [1.54, 1.807) is 33.1 Å². The molecule has 15 heavy (non-hydrogen) atoms. The van der Waals surface area contributed by atoms with Gasteiger partial charge in [-0.2, -0.15) is 0 Å². The zero-order valence-corrected chi connectivity index (χ0v) is 9.51. The van der Waals surface area contributed by atoms with Gasteiger partial charge >= 0.3 is 0 Å². The molecule has 1 rings (SSSR count). The van der Waals surface area contributed by atoms with E-state index < -0.39 is 5.67 Å². The normalized spacial score (nSPS) is 11.5. The van der Waals surface area contributed by atoms with Crippen molar-refractivity contribution in [2.24, 2.45) is 5.73 Å². The largest absolute Gasteiger partial charge is 0.496 e. The van der Waals surface area contributed by atoms with Crippen LogP contribution in [0.2, 0.25) is 0 Å². The first-order chi connectivity index (χ1) is 6.99. The van der Waals surface area contributed by atoms with E-state index in [9.17, 15) is 4.39 Å². The molecule has 0 saturated carbocycles.